The molecule has 0 unspecified atom stereocenters. The Balaban J connectivity index is 3.21. The van der Waals surface area contributed by atoms with Crippen LogP contribution in [0.1, 0.15) is 23.1 Å². The number of alkyl halides is 2. The summed E-state index contributed by atoms with van der Waals surface area (Å²) in [7, 11) is 0. The van der Waals surface area contributed by atoms with Gasteiger partial charge in [-0.2, -0.15) is 0 Å². The Morgan fingerprint density at radius 3 is 1.92 bits per heavy atom. The van der Waals surface area contributed by atoms with Gasteiger partial charge in [0.05, 0.1) is 0 Å². The van der Waals surface area contributed by atoms with Gasteiger partial charge in [0.2, 0.25) is 0 Å². The fourth-order valence-corrected chi connectivity index (χ4v) is 1.33. The van der Waals surface area contributed by atoms with Gasteiger partial charge in [0.15, 0.2) is 0 Å². The molecular formula is C9H9BrF2. The predicted molar refractivity (Wildman–Crippen MR) is 48.6 cm³/mol. The molecule has 0 atom stereocenters. The molecule has 0 saturated heterocycles. The van der Waals surface area contributed by atoms with Gasteiger partial charge in [-0.05, 0) is 37.1 Å². The highest BCUT2D eigenvalue weighted by molar-refractivity contribution is 9.10. The number of benzene rings is 1. The molecule has 66 valence electrons. The normalized spacial score (nSPS) is 10.8. The summed E-state index contributed by atoms with van der Waals surface area (Å²) in [5, 5.41) is 0. The standard InChI is InChI=1S/C9H9BrF2/c1-5-3-7(9(11)12)4-6(2)8(5)10/h3-4,9H,1-2H3. The van der Waals surface area contributed by atoms with Crippen LogP contribution in [0.5, 0.6) is 0 Å². The average molecular weight is 235 g/mol. The fourth-order valence-electron chi connectivity index (χ4n) is 1.11. The molecule has 0 amide bonds. The quantitative estimate of drug-likeness (QED) is 0.689. The first kappa shape index (κ1) is 9.65. The molecule has 0 aliphatic carbocycles. The highest BCUT2D eigenvalue weighted by atomic mass is 79.9. The molecule has 0 aliphatic heterocycles. The minimum Gasteiger partial charge on any atom is -0.205 e. The van der Waals surface area contributed by atoms with E-state index in [0.29, 0.717) is 0 Å². The summed E-state index contributed by atoms with van der Waals surface area (Å²) in [6.07, 6.45) is -2.38. The van der Waals surface area contributed by atoms with Gasteiger partial charge in [-0.1, -0.05) is 15.9 Å². The van der Waals surface area contributed by atoms with Crippen molar-refractivity contribution in [3.8, 4) is 0 Å². The van der Waals surface area contributed by atoms with Crippen LogP contribution >= 0.6 is 15.9 Å². The lowest BCUT2D eigenvalue weighted by atomic mass is 10.1. The van der Waals surface area contributed by atoms with Crippen LogP contribution in [0.25, 0.3) is 0 Å². The van der Waals surface area contributed by atoms with Gasteiger partial charge >= 0.3 is 0 Å². The van der Waals surface area contributed by atoms with Crippen molar-refractivity contribution in [2.45, 2.75) is 20.3 Å². The number of halogens is 3. The van der Waals surface area contributed by atoms with Crippen LogP contribution in [0, 0.1) is 13.8 Å². The van der Waals surface area contributed by atoms with Gasteiger partial charge in [0, 0.05) is 10.0 Å². The Bertz CT molecular complexity index is 272. The third kappa shape index (κ3) is 1.83. The average Bonchev–Trinajstić information content (AvgIpc) is 1.99. The summed E-state index contributed by atoms with van der Waals surface area (Å²) in [5.74, 6) is 0. The summed E-state index contributed by atoms with van der Waals surface area (Å²) >= 11 is 3.32. The van der Waals surface area contributed by atoms with Crippen LogP contribution in [0.3, 0.4) is 0 Å². The minimum absolute atomic E-state index is 0.0909. The molecule has 1 aromatic carbocycles. The zero-order valence-corrected chi connectivity index (χ0v) is 8.45. The van der Waals surface area contributed by atoms with E-state index >= 15 is 0 Å². The molecule has 0 heterocycles. The molecule has 12 heavy (non-hydrogen) atoms. The van der Waals surface area contributed by atoms with E-state index in [4.69, 9.17) is 0 Å². The summed E-state index contributed by atoms with van der Waals surface area (Å²) in [4.78, 5) is 0. The molecule has 0 N–H and O–H groups in total. The highest BCUT2D eigenvalue weighted by Gasteiger charge is 2.09. The van der Waals surface area contributed by atoms with Gasteiger partial charge in [0.25, 0.3) is 6.43 Å². The largest absolute Gasteiger partial charge is 0.263 e. The van der Waals surface area contributed by atoms with E-state index in [1.807, 2.05) is 13.8 Å². The Morgan fingerprint density at radius 1 is 1.17 bits per heavy atom. The topological polar surface area (TPSA) is 0 Å². The van der Waals surface area contributed by atoms with Crippen molar-refractivity contribution >= 4 is 15.9 Å². The van der Waals surface area contributed by atoms with Gasteiger partial charge in [0.1, 0.15) is 0 Å². The number of rotatable bonds is 1. The van der Waals surface area contributed by atoms with Crippen LogP contribution < -0.4 is 0 Å². The van der Waals surface area contributed by atoms with Crippen LogP contribution in [0.15, 0.2) is 16.6 Å². The summed E-state index contributed by atoms with van der Waals surface area (Å²) < 4.78 is 25.4. The Morgan fingerprint density at radius 2 is 1.58 bits per heavy atom. The SMILES string of the molecule is Cc1cc(C(F)F)cc(C)c1Br. The second kappa shape index (κ2) is 3.52. The van der Waals surface area contributed by atoms with Crippen LogP contribution in [-0.2, 0) is 0 Å². The molecule has 0 fully saturated rings. The van der Waals surface area contributed by atoms with E-state index in [2.05, 4.69) is 15.9 Å². The maximum Gasteiger partial charge on any atom is 0.263 e. The second-order valence-electron chi connectivity index (χ2n) is 2.77. The second-order valence-corrected chi connectivity index (χ2v) is 3.56. The van der Waals surface area contributed by atoms with E-state index in [0.717, 1.165) is 15.6 Å². The van der Waals surface area contributed by atoms with E-state index in [9.17, 15) is 8.78 Å². The van der Waals surface area contributed by atoms with E-state index in [1.165, 1.54) is 12.1 Å². The van der Waals surface area contributed by atoms with Crippen molar-refractivity contribution in [3.63, 3.8) is 0 Å². The molecule has 0 aliphatic rings. The fraction of sp³-hybridized carbons (Fsp3) is 0.333. The molecule has 1 aromatic rings. The zero-order valence-electron chi connectivity index (χ0n) is 6.87. The van der Waals surface area contributed by atoms with Gasteiger partial charge in [-0.3, -0.25) is 0 Å². The Hall–Kier alpha value is -0.440. The highest BCUT2D eigenvalue weighted by Crippen LogP contribution is 2.27. The third-order valence-electron chi connectivity index (χ3n) is 1.71. The first-order chi connectivity index (χ1) is 5.52. The van der Waals surface area contributed by atoms with Crippen molar-refractivity contribution in [3.05, 3.63) is 33.3 Å². The monoisotopic (exact) mass is 234 g/mol. The van der Waals surface area contributed by atoms with Crippen molar-refractivity contribution in [1.82, 2.24) is 0 Å². The van der Waals surface area contributed by atoms with E-state index in [-0.39, 0.29) is 5.56 Å². The predicted octanol–water partition coefficient (Wildman–Crippen LogP) is 4.00. The van der Waals surface area contributed by atoms with Crippen molar-refractivity contribution in [2.75, 3.05) is 0 Å². The lowest BCUT2D eigenvalue weighted by Gasteiger charge is -2.06. The first-order valence-electron chi connectivity index (χ1n) is 3.57. The number of hydrogen-bond acceptors (Lipinski definition) is 0. The molecule has 3 heteroatoms. The number of hydrogen-bond donors (Lipinski definition) is 0. The van der Waals surface area contributed by atoms with Crippen LogP contribution in [-0.4, -0.2) is 0 Å². The lowest BCUT2D eigenvalue weighted by molar-refractivity contribution is 0.151. The van der Waals surface area contributed by atoms with E-state index in [1.54, 1.807) is 0 Å². The molecular weight excluding hydrogens is 226 g/mol. The van der Waals surface area contributed by atoms with Crippen LogP contribution in [0.2, 0.25) is 0 Å². The lowest BCUT2D eigenvalue weighted by Crippen LogP contribution is -1.89. The summed E-state index contributed by atoms with van der Waals surface area (Å²) in [6, 6.07) is 3.00. The molecule has 1 rings (SSSR count). The molecule has 0 bridgehead atoms. The smallest absolute Gasteiger partial charge is 0.205 e. The summed E-state index contributed by atoms with van der Waals surface area (Å²) in [5.41, 5.74) is 1.80. The van der Waals surface area contributed by atoms with Gasteiger partial charge in [-0.25, -0.2) is 8.78 Å². The van der Waals surface area contributed by atoms with Crippen molar-refractivity contribution < 1.29 is 8.78 Å². The van der Waals surface area contributed by atoms with Crippen molar-refractivity contribution in [1.29, 1.82) is 0 Å². The van der Waals surface area contributed by atoms with Crippen molar-refractivity contribution in [2.24, 2.45) is 0 Å². The Kier molecular flexibility index (Phi) is 2.83. The van der Waals surface area contributed by atoms with E-state index < -0.39 is 6.43 Å². The van der Waals surface area contributed by atoms with Gasteiger partial charge < -0.3 is 0 Å². The number of aryl methyl sites for hydroxylation is 2. The molecule has 0 spiro atoms. The molecule has 0 nitrogen and oxygen atoms in total. The Labute approximate surface area is 78.7 Å². The van der Waals surface area contributed by atoms with Gasteiger partial charge in [-0.15, -0.1) is 0 Å². The first-order valence-corrected chi connectivity index (χ1v) is 4.36. The van der Waals surface area contributed by atoms with Crippen LogP contribution in [0.4, 0.5) is 8.78 Å². The third-order valence-corrected chi connectivity index (χ3v) is 2.96. The molecule has 0 radical (unpaired) electrons. The molecule has 0 saturated carbocycles. The maximum absolute atomic E-state index is 12.2. The molecule has 0 aromatic heterocycles. The maximum atomic E-state index is 12.2. The summed E-state index contributed by atoms with van der Waals surface area (Å²) in [6.45, 7) is 3.62. The zero-order chi connectivity index (χ0) is 9.30. The minimum atomic E-state index is -2.38.